The molecule has 0 radical (unpaired) electrons. The number of hydrogen-bond acceptors (Lipinski definition) is 4. The van der Waals surface area contributed by atoms with Crippen LogP contribution < -0.4 is 0 Å². The van der Waals surface area contributed by atoms with Crippen LogP contribution in [0.5, 0.6) is 0 Å². The molecule has 2 aromatic rings. The third kappa shape index (κ3) is 4.11. The monoisotopic (exact) mass is 345 g/mol. The molecular weight excluding hydrogens is 314 g/mol. The molecule has 6 nitrogen and oxygen atoms in total. The SMILES string of the molecule is CCCCCc1nc(CCc2c(C)nn(C)c2C)n(C2CCOC2)n1. The zero-order valence-corrected chi connectivity index (χ0v) is 16.1. The predicted molar refractivity (Wildman–Crippen MR) is 97.8 cm³/mol. The molecule has 1 unspecified atom stereocenters. The van der Waals surface area contributed by atoms with Crippen LogP contribution in [0.3, 0.4) is 0 Å². The van der Waals surface area contributed by atoms with Crippen LogP contribution in [0.15, 0.2) is 0 Å². The normalized spacial score (nSPS) is 17.5. The molecule has 25 heavy (non-hydrogen) atoms. The quantitative estimate of drug-likeness (QED) is 0.690. The van der Waals surface area contributed by atoms with E-state index >= 15 is 0 Å². The fourth-order valence-electron chi connectivity index (χ4n) is 3.64. The highest BCUT2D eigenvalue weighted by molar-refractivity contribution is 5.25. The first-order valence-electron chi connectivity index (χ1n) is 9.61. The lowest BCUT2D eigenvalue weighted by molar-refractivity contribution is 0.183. The van der Waals surface area contributed by atoms with Gasteiger partial charge in [-0.15, -0.1) is 0 Å². The van der Waals surface area contributed by atoms with Crippen LogP contribution in [0.25, 0.3) is 0 Å². The van der Waals surface area contributed by atoms with Crippen LogP contribution in [-0.2, 0) is 31.0 Å². The Morgan fingerprint density at radius 2 is 1.96 bits per heavy atom. The molecule has 0 aliphatic carbocycles. The lowest BCUT2D eigenvalue weighted by Crippen LogP contribution is -2.15. The average molecular weight is 345 g/mol. The van der Waals surface area contributed by atoms with Gasteiger partial charge >= 0.3 is 0 Å². The Bertz CT molecular complexity index is 697. The summed E-state index contributed by atoms with van der Waals surface area (Å²) in [4.78, 5) is 4.88. The van der Waals surface area contributed by atoms with Crippen molar-refractivity contribution >= 4 is 0 Å². The third-order valence-corrected chi connectivity index (χ3v) is 5.26. The predicted octanol–water partition coefficient (Wildman–Crippen LogP) is 3.11. The number of unbranched alkanes of at least 4 members (excludes halogenated alkanes) is 2. The van der Waals surface area contributed by atoms with Gasteiger partial charge in [0.25, 0.3) is 0 Å². The van der Waals surface area contributed by atoms with Gasteiger partial charge in [0.1, 0.15) is 5.82 Å². The van der Waals surface area contributed by atoms with Gasteiger partial charge in [-0.1, -0.05) is 19.8 Å². The number of nitrogens with zero attached hydrogens (tertiary/aromatic N) is 5. The van der Waals surface area contributed by atoms with Crippen molar-refractivity contribution < 1.29 is 4.74 Å². The number of ether oxygens (including phenoxy) is 1. The Balaban J connectivity index is 1.75. The minimum Gasteiger partial charge on any atom is -0.379 e. The summed E-state index contributed by atoms with van der Waals surface area (Å²) >= 11 is 0. The molecule has 1 saturated heterocycles. The van der Waals surface area contributed by atoms with E-state index in [1.54, 1.807) is 0 Å². The minimum atomic E-state index is 0.346. The Kier molecular flexibility index (Phi) is 5.89. The smallest absolute Gasteiger partial charge is 0.150 e. The number of aromatic nitrogens is 5. The summed E-state index contributed by atoms with van der Waals surface area (Å²) in [6.07, 6.45) is 7.52. The summed E-state index contributed by atoms with van der Waals surface area (Å²) in [6, 6.07) is 0.346. The second-order valence-electron chi connectivity index (χ2n) is 7.14. The molecule has 6 heteroatoms. The van der Waals surface area contributed by atoms with Crippen LogP contribution >= 0.6 is 0 Å². The van der Waals surface area contributed by atoms with E-state index in [4.69, 9.17) is 14.8 Å². The topological polar surface area (TPSA) is 57.8 Å². The molecule has 138 valence electrons. The molecule has 0 saturated carbocycles. The van der Waals surface area contributed by atoms with Crippen molar-refractivity contribution in [3.8, 4) is 0 Å². The van der Waals surface area contributed by atoms with Gasteiger partial charge in [0.2, 0.25) is 0 Å². The first-order valence-corrected chi connectivity index (χ1v) is 9.61. The molecule has 0 aromatic carbocycles. The highest BCUT2D eigenvalue weighted by atomic mass is 16.5. The van der Waals surface area contributed by atoms with Crippen LogP contribution in [0.1, 0.15) is 67.2 Å². The van der Waals surface area contributed by atoms with Crippen LogP contribution in [0.2, 0.25) is 0 Å². The first kappa shape index (κ1) is 18.1. The van der Waals surface area contributed by atoms with E-state index in [0.717, 1.165) is 56.2 Å². The van der Waals surface area contributed by atoms with Crippen molar-refractivity contribution in [3.05, 3.63) is 28.6 Å². The van der Waals surface area contributed by atoms with Crippen LogP contribution in [0.4, 0.5) is 0 Å². The van der Waals surface area contributed by atoms with E-state index in [0.29, 0.717) is 6.04 Å². The molecule has 0 bridgehead atoms. The van der Waals surface area contributed by atoms with Crippen LogP contribution in [-0.4, -0.2) is 37.8 Å². The van der Waals surface area contributed by atoms with Crippen molar-refractivity contribution in [1.82, 2.24) is 24.5 Å². The van der Waals surface area contributed by atoms with E-state index in [-0.39, 0.29) is 0 Å². The first-order chi connectivity index (χ1) is 12.1. The second kappa shape index (κ2) is 8.13. The average Bonchev–Trinajstić information content (AvgIpc) is 3.28. The highest BCUT2D eigenvalue weighted by Gasteiger charge is 2.23. The largest absolute Gasteiger partial charge is 0.379 e. The summed E-state index contributed by atoms with van der Waals surface area (Å²) in [5.41, 5.74) is 3.71. The molecule has 1 atom stereocenters. The van der Waals surface area contributed by atoms with Gasteiger partial charge in [-0.3, -0.25) is 4.68 Å². The molecule has 1 fully saturated rings. The van der Waals surface area contributed by atoms with Crippen molar-refractivity contribution in [2.75, 3.05) is 13.2 Å². The molecule has 3 heterocycles. The second-order valence-corrected chi connectivity index (χ2v) is 7.14. The van der Waals surface area contributed by atoms with E-state index in [1.165, 1.54) is 30.5 Å². The third-order valence-electron chi connectivity index (χ3n) is 5.26. The lowest BCUT2D eigenvalue weighted by Gasteiger charge is -2.11. The molecule has 2 aromatic heterocycles. The highest BCUT2D eigenvalue weighted by Crippen LogP contribution is 2.22. The molecular formula is C19H31N5O. The molecule has 0 N–H and O–H groups in total. The van der Waals surface area contributed by atoms with E-state index in [9.17, 15) is 0 Å². The molecule has 1 aliphatic heterocycles. The van der Waals surface area contributed by atoms with Gasteiger partial charge < -0.3 is 4.74 Å². The maximum atomic E-state index is 5.58. The zero-order valence-electron chi connectivity index (χ0n) is 16.1. The van der Waals surface area contributed by atoms with E-state index in [2.05, 4.69) is 30.6 Å². The van der Waals surface area contributed by atoms with E-state index in [1.807, 2.05) is 11.7 Å². The van der Waals surface area contributed by atoms with Crippen LogP contribution in [0, 0.1) is 13.8 Å². The molecule has 0 spiro atoms. The van der Waals surface area contributed by atoms with Gasteiger partial charge in [0.05, 0.1) is 18.3 Å². The molecule has 0 amide bonds. The van der Waals surface area contributed by atoms with Gasteiger partial charge in [-0.25, -0.2) is 9.67 Å². The fraction of sp³-hybridized carbons (Fsp3) is 0.737. The standard InChI is InChI=1S/C19H31N5O/c1-5-6-7-8-18-20-19(24(22-18)16-11-12-25-13-16)10-9-17-14(2)21-23(4)15(17)3/h16H,5-13H2,1-4H3. The maximum Gasteiger partial charge on any atom is 0.150 e. The van der Waals surface area contributed by atoms with Gasteiger partial charge in [0, 0.05) is 32.2 Å². The Hall–Kier alpha value is -1.69. The number of aryl methyl sites for hydroxylation is 4. The van der Waals surface area contributed by atoms with Gasteiger partial charge in [-0.2, -0.15) is 10.2 Å². The van der Waals surface area contributed by atoms with Crippen molar-refractivity contribution in [3.63, 3.8) is 0 Å². The summed E-state index contributed by atoms with van der Waals surface area (Å²) < 4.78 is 9.69. The van der Waals surface area contributed by atoms with Crippen molar-refractivity contribution in [1.29, 1.82) is 0 Å². The van der Waals surface area contributed by atoms with Crippen molar-refractivity contribution in [2.45, 2.75) is 71.8 Å². The lowest BCUT2D eigenvalue weighted by atomic mass is 10.1. The summed E-state index contributed by atoms with van der Waals surface area (Å²) in [7, 11) is 2.01. The minimum absolute atomic E-state index is 0.346. The van der Waals surface area contributed by atoms with Gasteiger partial charge in [-0.05, 0) is 38.7 Å². The number of rotatable bonds is 8. The molecule has 1 aliphatic rings. The maximum absolute atomic E-state index is 5.58. The molecule has 3 rings (SSSR count). The van der Waals surface area contributed by atoms with E-state index < -0.39 is 0 Å². The number of hydrogen-bond donors (Lipinski definition) is 0. The van der Waals surface area contributed by atoms with Crippen molar-refractivity contribution in [2.24, 2.45) is 7.05 Å². The Labute approximate surface area is 150 Å². The Morgan fingerprint density at radius 3 is 2.60 bits per heavy atom. The Morgan fingerprint density at radius 1 is 1.12 bits per heavy atom. The zero-order chi connectivity index (χ0) is 17.8. The summed E-state index contributed by atoms with van der Waals surface area (Å²) in [5, 5.41) is 9.36. The van der Waals surface area contributed by atoms with Gasteiger partial charge in [0.15, 0.2) is 5.82 Å². The fourth-order valence-corrected chi connectivity index (χ4v) is 3.64. The summed E-state index contributed by atoms with van der Waals surface area (Å²) in [5.74, 6) is 2.10. The summed E-state index contributed by atoms with van der Waals surface area (Å²) in [6.45, 7) is 8.05.